The molecule has 1 aliphatic carbocycles. The van der Waals surface area contributed by atoms with E-state index in [0.717, 1.165) is 39.0 Å². The Balaban J connectivity index is 1.95. The summed E-state index contributed by atoms with van der Waals surface area (Å²) in [6.45, 7) is 8.84. The van der Waals surface area contributed by atoms with Crippen LogP contribution in [-0.4, -0.2) is 45.3 Å². The zero-order valence-corrected chi connectivity index (χ0v) is 18.3. The van der Waals surface area contributed by atoms with Crippen LogP contribution in [0.5, 0.6) is 0 Å². The molecule has 4 rings (SSSR count). The Kier molecular flexibility index (Phi) is 5.65. The Labute approximate surface area is 171 Å². The highest BCUT2D eigenvalue weighted by atomic mass is 32.1. The Morgan fingerprint density at radius 1 is 1.04 bits per heavy atom. The lowest BCUT2D eigenvalue weighted by atomic mass is 10.1. The van der Waals surface area contributed by atoms with E-state index in [9.17, 15) is 0 Å². The largest absolute Gasteiger partial charge is 0.370 e. The number of rotatable bonds is 3. The molecule has 0 atom stereocenters. The number of anilines is 1. The van der Waals surface area contributed by atoms with Crippen molar-refractivity contribution in [3.63, 3.8) is 0 Å². The SMILES string of the molecule is CCc1cc(=[N+](C)C)cc2sc3cc(N4CCCNCC4)cc(CC)c3nc1-2. The van der Waals surface area contributed by atoms with E-state index in [1.807, 2.05) is 11.3 Å². The van der Waals surface area contributed by atoms with Gasteiger partial charge in [-0.3, -0.25) is 0 Å². The minimum Gasteiger partial charge on any atom is -0.370 e. The smallest absolute Gasteiger partial charge is 0.201 e. The maximum Gasteiger partial charge on any atom is 0.201 e. The van der Waals surface area contributed by atoms with Crippen molar-refractivity contribution in [1.29, 1.82) is 0 Å². The molecule has 1 saturated heterocycles. The van der Waals surface area contributed by atoms with Crippen LogP contribution in [0.1, 0.15) is 31.4 Å². The van der Waals surface area contributed by atoms with Gasteiger partial charge >= 0.3 is 0 Å². The van der Waals surface area contributed by atoms with Crippen molar-refractivity contribution in [2.45, 2.75) is 33.1 Å². The number of aryl methyl sites for hydroxylation is 2. The predicted octanol–water partition coefficient (Wildman–Crippen LogP) is 3.36. The summed E-state index contributed by atoms with van der Waals surface area (Å²) in [6, 6.07) is 9.32. The first kappa shape index (κ1) is 19.3. The van der Waals surface area contributed by atoms with Gasteiger partial charge in [0.2, 0.25) is 5.36 Å². The molecule has 0 bridgehead atoms. The molecule has 1 aromatic carbocycles. The van der Waals surface area contributed by atoms with E-state index in [4.69, 9.17) is 4.98 Å². The summed E-state index contributed by atoms with van der Waals surface area (Å²) in [5.74, 6) is 0. The quantitative estimate of drug-likeness (QED) is 0.545. The second-order valence-corrected chi connectivity index (χ2v) is 8.89. The van der Waals surface area contributed by atoms with Gasteiger partial charge in [0, 0.05) is 37.5 Å². The van der Waals surface area contributed by atoms with Crippen molar-refractivity contribution in [3.05, 3.63) is 40.7 Å². The van der Waals surface area contributed by atoms with Gasteiger partial charge in [0.25, 0.3) is 0 Å². The average molecular weight is 396 g/mol. The predicted molar refractivity (Wildman–Crippen MR) is 122 cm³/mol. The van der Waals surface area contributed by atoms with Crippen LogP contribution in [0.3, 0.4) is 0 Å². The third kappa shape index (κ3) is 3.65. The summed E-state index contributed by atoms with van der Waals surface area (Å²) in [5, 5.41) is 4.77. The van der Waals surface area contributed by atoms with Crippen molar-refractivity contribution in [1.82, 2.24) is 14.9 Å². The maximum absolute atomic E-state index is 5.19. The number of hydrogen-bond acceptors (Lipinski definition) is 4. The topological polar surface area (TPSA) is 31.2 Å². The molecule has 1 aromatic rings. The van der Waals surface area contributed by atoms with Crippen LogP contribution >= 0.6 is 11.3 Å². The molecule has 3 aliphatic rings. The molecule has 148 valence electrons. The van der Waals surface area contributed by atoms with E-state index in [0.29, 0.717) is 0 Å². The van der Waals surface area contributed by atoms with E-state index in [2.05, 4.69) is 67.0 Å². The molecule has 0 spiro atoms. The molecular formula is C23H31N4S+. The Morgan fingerprint density at radius 3 is 2.61 bits per heavy atom. The van der Waals surface area contributed by atoms with E-state index in [1.165, 1.54) is 49.4 Å². The third-order valence-corrected chi connectivity index (χ3v) is 6.77. The normalized spacial score (nSPS) is 15.2. The number of hydrogen-bond donors (Lipinski definition) is 1. The van der Waals surface area contributed by atoms with Crippen molar-refractivity contribution in [3.8, 4) is 10.6 Å². The second kappa shape index (κ2) is 8.18. The molecule has 1 N–H and O–H groups in total. The molecule has 0 unspecified atom stereocenters. The molecule has 0 saturated carbocycles. The fraction of sp³-hybridized carbons (Fsp3) is 0.478. The minimum atomic E-state index is 1.00. The summed E-state index contributed by atoms with van der Waals surface area (Å²) in [4.78, 5) is 9.00. The van der Waals surface area contributed by atoms with Gasteiger partial charge in [-0.1, -0.05) is 13.8 Å². The molecular weight excluding hydrogens is 364 g/mol. The standard InChI is InChI=1S/C23H31N4S/c1-5-16-12-18(26(3)4)14-20-22(16)25-23-17(6-2)13-19(15-21(23)28-20)27-10-7-8-24-9-11-27/h12-15,24H,5-11H2,1-4H3/q+1. The van der Waals surface area contributed by atoms with Gasteiger partial charge in [-0.25, -0.2) is 9.56 Å². The zero-order chi connectivity index (χ0) is 19.7. The highest BCUT2D eigenvalue weighted by molar-refractivity contribution is 7.21. The fourth-order valence-corrected chi connectivity index (χ4v) is 5.17. The van der Waals surface area contributed by atoms with Crippen molar-refractivity contribution in [2.24, 2.45) is 0 Å². The lowest BCUT2D eigenvalue weighted by Gasteiger charge is -2.24. The van der Waals surface area contributed by atoms with Crippen LogP contribution in [0.15, 0.2) is 24.3 Å². The van der Waals surface area contributed by atoms with E-state index >= 15 is 0 Å². The third-order valence-electron chi connectivity index (χ3n) is 5.70. The summed E-state index contributed by atoms with van der Waals surface area (Å²) in [7, 11) is 4.22. The molecule has 2 aliphatic heterocycles. The highest BCUT2D eigenvalue weighted by Gasteiger charge is 2.18. The van der Waals surface area contributed by atoms with Crippen molar-refractivity contribution in [2.75, 3.05) is 45.2 Å². The molecule has 4 nitrogen and oxygen atoms in total. The van der Waals surface area contributed by atoms with Crippen LogP contribution in [-0.2, 0) is 12.8 Å². The lowest BCUT2D eigenvalue weighted by molar-refractivity contribution is 0.724. The molecule has 1 fully saturated rings. The Morgan fingerprint density at radius 2 is 1.86 bits per heavy atom. The Hall–Kier alpha value is -1.98. The number of aromatic nitrogens is 1. The molecule has 0 radical (unpaired) electrons. The number of nitrogens with one attached hydrogen (secondary N) is 1. The molecule has 5 heteroatoms. The molecule has 0 aromatic heterocycles. The van der Waals surface area contributed by atoms with Gasteiger partial charge in [-0.2, -0.15) is 0 Å². The number of nitrogens with zero attached hydrogens (tertiary/aromatic N) is 3. The monoisotopic (exact) mass is 395 g/mol. The minimum absolute atomic E-state index is 1.00. The maximum atomic E-state index is 5.19. The summed E-state index contributed by atoms with van der Waals surface area (Å²) in [5.41, 5.74) is 6.41. The fourth-order valence-electron chi connectivity index (χ4n) is 4.02. The summed E-state index contributed by atoms with van der Waals surface area (Å²) >= 11 is 1.89. The van der Waals surface area contributed by atoms with Gasteiger partial charge in [-0.15, -0.1) is 11.3 Å². The van der Waals surface area contributed by atoms with E-state index in [-0.39, 0.29) is 0 Å². The zero-order valence-electron chi connectivity index (χ0n) is 17.5. The van der Waals surface area contributed by atoms with Gasteiger partial charge < -0.3 is 10.2 Å². The van der Waals surface area contributed by atoms with E-state index < -0.39 is 0 Å². The first-order valence-electron chi connectivity index (χ1n) is 10.5. The average Bonchev–Trinajstić information content (AvgIpc) is 3.00. The van der Waals surface area contributed by atoms with Gasteiger partial charge in [-0.05, 0) is 49.1 Å². The van der Waals surface area contributed by atoms with Crippen LogP contribution < -0.4 is 20.1 Å². The lowest BCUT2D eigenvalue weighted by Crippen LogP contribution is -2.27. The number of fused-ring (bicyclic) bond motifs is 2. The summed E-state index contributed by atoms with van der Waals surface area (Å²) in [6.07, 6.45) is 3.22. The number of benzene rings is 2. The van der Waals surface area contributed by atoms with Crippen molar-refractivity contribution < 1.29 is 0 Å². The molecule has 2 heterocycles. The van der Waals surface area contributed by atoms with Gasteiger partial charge in [0.1, 0.15) is 14.1 Å². The van der Waals surface area contributed by atoms with Gasteiger partial charge in [0.15, 0.2) is 0 Å². The van der Waals surface area contributed by atoms with Crippen molar-refractivity contribution >= 4 is 27.2 Å². The van der Waals surface area contributed by atoms with Crippen LogP contribution in [0.4, 0.5) is 5.69 Å². The van der Waals surface area contributed by atoms with Gasteiger partial charge in [0.05, 0.1) is 20.8 Å². The van der Waals surface area contributed by atoms with Crippen LogP contribution in [0.25, 0.3) is 20.8 Å². The molecule has 28 heavy (non-hydrogen) atoms. The first-order valence-corrected chi connectivity index (χ1v) is 11.3. The van der Waals surface area contributed by atoms with Crippen LogP contribution in [0.2, 0.25) is 0 Å². The Bertz CT molecular complexity index is 1020. The second-order valence-electron chi connectivity index (χ2n) is 7.81. The molecule has 0 amide bonds. The first-order chi connectivity index (χ1) is 13.6. The van der Waals surface area contributed by atoms with Crippen LogP contribution in [0, 0.1) is 0 Å². The summed E-state index contributed by atoms with van der Waals surface area (Å²) < 4.78 is 3.49. The highest BCUT2D eigenvalue weighted by Crippen LogP contribution is 2.36. The van der Waals surface area contributed by atoms with E-state index in [1.54, 1.807) is 0 Å².